The van der Waals surface area contributed by atoms with Crippen molar-refractivity contribution in [3.8, 4) is 0 Å². The fourth-order valence-corrected chi connectivity index (χ4v) is 3.87. The zero-order chi connectivity index (χ0) is 13.7. The molecule has 0 bridgehead atoms. The molecule has 4 nitrogen and oxygen atoms in total. The Morgan fingerprint density at radius 1 is 1.32 bits per heavy atom. The van der Waals surface area contributed by atoms with E-state index in [-0.39, 0.29) is 11.9 Å². The van der Waals surface area contributed by atoms with Crippen LogP contribution in [0.1, 0.15) is 32.6 Å². The number of aliphatic hydroxyl groups excluding tert-OH is 1. The molecule has 1 heterocycles. The number of nitrogens with one attached hydrogen (secondary N) is 1. The topological polar surface area (TPSA) is 52.6 Å². The van der Waals surface area contributed by atoms with Gasteiger partial charge in [-0.2, -0.15) is 11.8 Å². The lowest BCUT2D eigenvalue weighted by molar-refractivity contribution is -0.126. The second-order valence-electron chi connectivity index (χ2n) is 5.73. The molecular formula is C14H26N2O2S. The standard InChI is InChI=1S/C14H26N2O2S/c1-11(16-6-8-19-9-7-16)14(18)15-13-4-2-12(10-17)3-5-13/h11-13,17H,2-10H2,1H3,(H,15,18). The summed E-state index contributed by atoms with van der Waals surface area (Å²) in [4.78, 5) is 14.5. The van der Waals surface area contributed by atoms with Gasteiger partial charge in [0.05, 0.1) is 6.04 Å². The molecule has 2 N–H and O–H groups in total. The highest BCUT2D eigenvalue weighted by Gasteiger charge is 2.27. The van der Waals surface area contributed by atoms with Crippen molar-refractivity contribution < 1.29 is 9.90 Å². The summed E-state index contributed by atoms with van der Waals surface area (Å²) in [5, 5.41) is 12.3. The molecule has 1 aliphatic heterocycles. The van der Waals surface area contributed by atoms with E-state index in [2.05, 4.69) is 10.2 Å². The Balaban J connectivity index is 1.74. The highest BCUT2D eigenvalue weighted by molar-refractivity contribution is 7.99. The molecule has 0 aromatic carbocycles. The lowest BCUT2D eigenvalue weighted by atomic mass is 9.86. The average molecular weight is 286 g/mol. The molecule has 1 atom stereocenters. The summed E-state index contributed by atoms with van der Waals surface area (Å²) in [7, 11) is 0. The minimum absolute atomic E-state index is 0.00327. The molecule has 2 fully saturated rings. The van der Waals surface area contributed by atoms with Crippen molar-refractivity contribution in [3.63, 3.8) is 0 Å². The Morgan fingerprint density at radius 2 is 1.95 bits per heavy atom. The van der Waals surface area contributed by atoms with E-state index in [4.69, 9.17) is 5.11 Å². The summed E-state index contributed by atoms with van der Waals surface area (Å²) in [6, 6.07) is 0.313. The van der Waals surface area contributed by atoms with Crippen LogP contribution in [0.4, 0.5) is 0 Å². The molecule has 2 rings (SSSR count). The molecular weight excluding hydrogens is 260 g/mol. The minimum atomic E-state index is -0.00327. The molecule has 0 radical (unpaired) electrons. The number of rotatable bonds is 4. The Morgan fingerprint density at radius 3 is 2.53 bits per heavy atom. The van der Waals surface area contributed by atoms with Gasteiger partial charge < -0.3 is 10.4 Å². The van der Waals surface area contributed by atoms with Gasteiger partial charge in [0.25, 0.3) is 0 Å². The number of amides is 1. The van der Waals surface area contributed by atoms with Crippen LogP contribution in [0, 0.1) is 5.92 Å². The van der Waals surface area contributed by atoms with E-state index in [1.54, 1.807) is 0 Å². The Bertz CT molecular complexity index is 287. The third-order valence-electron chi connectivity index (χ3n) is 4.42. The predicted molar refractivity (Wildman–Crippen MR) is 79.3 cm³/mol. The van der Waals surface area contributed by atoms with Crippen molar-refractivity contribution in [2.24, 2.45) is 5.92 Å². The molecule has 1 saturated carbocycles. The monoisotopic (exact) mass is 286 g/mol. The molecule has 1 saturated heterocycles. The van der Waals surface area contributed by atoms with Crippen LogP contribution in [0.5, 0.6) is 0 Å². The predicted octanol–water partition coefficient (Wildman–Crippen LogP) is 1.09. The van der Waals surface area contributed by atoms with Gasteiger partial charge in [0, 0.05) is 37.2 Å². The average Bonchev–Trinajstić information content (AvgIpc) is 2.48. The Hall–Kier alpha value is -0.260. The van der Waals surface area contributed by atoms with Crippen LogP contribution >= 0.6 is 11.8 Å². The quantitative estimate of drug-likeness (QED) is 0.812. The van der Waals surface area contributed by atoms with Crippen LogP contribution < -0.4 is 5.32 Å². The summed E-state index contributed by atoms with van der Waals surface area (Å²) in [5.74, 6) is 2.90. The van der Waals surface area contributed by atoms with Crippen molar-refractivity contribution in [2.75, 3.05) is 31.2 Å². The van der Waals surface area contributed by atoms with Gasteiger partial charge in [-0.05, 0) is 38.5 Å². The summed E-state index contributed by atoms with van der Waals surface area (Å²) >= 11 is 1.97. The van der Waals surface area contributed by atoms with Crippen LogP contribution in [0.15, 0.2) is 0 Å². The lowest BCUT2D eigenvalue weighted by Gasteiger charge is -2.33. The maximum atomic E-state index is 12.3. The summed E-state index contributed by atoms with van der Waals surface area (Å²) < 4.78 is 0. The van der Waals surface area contributed by atoms with Gasteiger partial charge in [0.1, 0.15) is 0 Å². The van der Waals surface area contributed by atoms with E-state index >= 15 is 0 Å². The van der Waals surface area contributed by atoms with Crippen molar-refractivity contribution in [2.45, 2.75) is 44.7 Å². The lowest BCUT2D eigenvalue weighted by Crippen LogP contribution is -2.51. The number of hydrogen-bond donors (Lipinski definition) is 2. The second-order valence-corrected chi connectivity index (χ2v) is 6.96. The summed E-state index contributed by atoms with van der Waals surface area (Å²) in [6.45, 7) is 4.36. The van der Waals surface area contributed by atoms with Crippen molar-refractivity contribution in [3.05, 3.63) is 0 Å². The van der Waals surface area contributed by atoms with Crippen LogP contribution in [-0.4, -0.2) is 59.2 Å². The van der Waals surface area contributed by atoms with Gasteiger partial charge >= 0.3 is 0 Å². The SMILES string of the molecule is CC(C(=O)NC1CCC(CO)CC1)N1CCSCC1. The van der Waals surface area contributed by atoms with Gasteiger partial charge in [0.2, 0.25) is 5.91 Å². The fourth-order valence-electron chi connectivity index (χ4n) is 2.94. The first-order chi connectivity index (χ1) is 9.20. The maximum absolute atomic E-state index is 12.3. The van der Waals surface area contributed by atoms with Crippen LogP contribution in [-0.2, 0) is 4.79 Å². The first kappa shape index (κ1) is 15.1. The highest BCUT2D eigenvalue weighted by atomic mass is 32.2. The van der Waals surface area contributed by atoms with E-state index in [1.165, 1.54) is 0 Å². The van der Waals surface area contributed by atoms with E-state index in [0.717, 1.165) is 50.3 Å². The van der Waals surface area contributed by atoms with Crippen LogP contribution in [0.25, 0.3) is 0 Å². The normalized spacial score (nSPS) is 30.8. The molecule has 5 heteroatoms. The Kier molecular flexibility index (Phi) is 5.98. The third kappa shape index (κ3) is 4.36. The molecule has 19 heavy (non-hydrogen) atoms. The van der Waals surface area contributed by atoms with E-state index in [0.29, 0.717) is 18.6 Å². The van der Waals surface area contributed by atoms with Crippen molar-refractivity contribution in [1.29, 1.82) is 0 Å². The van der Waals surface area contributed by atoms with Gasteiger partial charge in [-0.25, -0.2) is 0 Å². The molecule has 1 unspecified atom stereocenters. The molecule has 1 aliphatic carbocycles. The van der Waals surface area contributed by atoms with Gasteiger partial charge in [0.15, 0.2) is 0 Å². The molecule has 110 valence electrons. The number of hydrogen-bond acceptors (Lipinski definition) is 4. The van der Waals surface area contributed by atoms with E-state index < -0.39 is 0 Å². The molecule has 1 amide bonds. The van der Waals surface area contributed by atoms with Gasteiger partial charge in [-0.1, -0.05) is 0 Å². The fraction of sp³-hybridized carbons (Fsp3) is 0.929. The number of carbonyl (C=O) groups excluding carboxylic acids is 1. The number of nitrogens with zero attached hydrogens (tertiary/aromatic N) is 1. The molecule has 0 aromatic rings. The molecule has 0 spiro atoms. The largest absolute Gasteiger partial charge is 0.396 e. The molecule has 0 aromatic heterocycles. The van der Waals surface area contributed by atoms with Crippen molar-refractivity contribution in [1.82, 2.24) is 10.2 Å². The smallest absolute Gasteiger partial charge is 0.237 e. The second kappa shape index (κ2) is 7.50. The third-order valence-corrected chi connectivity index (χ3v) is 5.37. The first-order valence-corrected chi connectivity index (χ1v) is 8.59. The minimum Gasteiger partial charge on any atom is -0.396 e. The summed E-state index contributed by atoms with van der Waals surface area (Å²) in [6.07, 6.45) is 4.10. The first-order valence-electron chi connectivity index (χ1n) is 7.43. The van der Waals surface area contributed by atoms with Gasteiger partial charge in [-0.15, -0.1) is 0 Å². The maximum Gasteiger partial charge on any atom is 0.237 e. The van der Waals surface area contributed by atoms with Gasteiger partial charge in [-0.3, -0.25) is 9.69 Å². The Labute approximate surface area is 120 Å². The highest BCUT2D eigenvalue weighted by Crippen LogP contribution is 2.24. The summed E-state index contributed by atoms with van der Waals surface area (Å²) in [5.41, 5.74) is 0. The van der Waals surface area contributed by atoms with E-state index in [9.17, 15) is 4.79 Å². The zero-order valence-electron chi connectivity index (χ0n) is 11.8. The number of thioether (sulfide) groups is 1. The van der Waals surface area contributed by atoms with E-state index in [1.807, 2.05) is 18.7 Å². The van der Waals surface area contributed by atoms with Crippen LogP contribution in [0.3, 0.4) is 0 Å². The number of aliphatic hydroxyl groups is 1. The van der Waals surface area contributed by atoms with Crippen LogP contribution in [0.2, 0.25) is 0 Å². The number of carbonyl (C=O) groups is 1. The van der Waals surface area contributed by atoms with Crippen molar-refractivity contribution >= 4 is 17.7 Å². The zero-order valence-corrected chi connectivity index (χ0v) is 12.6. The molecule has 2 aliphatic rings.